The number of rotatable bonds is 4. The summed E-state index contributed by atoms with van der Waals surface area (Å²) in [6.45, 7) is 4.39. The van der Waals surface area contributed by atoms with Gasteiger partial charge >= 0.3 is 0 Å². The van der Waals surface area contributed by atoms with Gasteiger partial charge in [-0.1, -0.05) is 0 Å². The molecule has 4 heteroatoms. The smallest absolute Gasteiger partial charge is 0.219 e. The summed E-state index contributed by atoms with van der Waals surface area (Å²) in [4.78, 5) is 26.2. The molecule has 4 rings (SSSR count). The third kappa shape index (κ3) is 3.19. The first kappa shape index (κ1) is 16.6. The predicted octanol–water partition coefficient (Wildman–Crippen LogP) is 3.75. The van der Waals surface area contributed by atoms with E-state index < -0.39 is 0 Å². The summed E-state index contributed by atoms with van der Waals surface area (Å²) in [6, 6.07) is 4.16. The number of benzene rings is 1. The van der Waals surface area contributed by atoms with Crippen molar-refractivity contribution >= 4 is 17.4 Å². The van der Waals surface area contributed by atoms with Crippen LogP contribution in [0.1, 0.15) is 72.9 Å². The zero-order valence-electron chi connectivity index (χ0n) is 15.1. The van der Waals surface area contributed by atoms with E-state index in [-0.39, 0.29) is 5.91 Å². The fourth-order valence-corrected chi connectivity index (χ4v) is 4.93. The van der Waals surface area contributed by atoms with Crippen molar-refractivity contribution in [3.63, 3.8) is 0 Å². The van der Waals surface area contributed by atoms with Gasteiger partial charge in [0, 0.05) is 50.1 Å². The second-order valence-corrected chi connectivity index (χ2v) is 7.93. The van der Waals surface area contributed by atoms with Crippen molar-refractivity contribution in [1.82, 2.24) is 4.90 Å². The fourth-order valence-electron chi connectivity index (χ4n) is 4.93. The van der Waals surface area contributed by atoms with Gasteiger partial charge in [0.1, 0.15) is 0 Å². The summed E-state index contributed by atoms with van der Waals surface area (Å²) in [7, 11) is 0. The number of piperidine rings is 1. The van der Waals surface area contributed by atoms with Crippen molar-refractivity contribution < 1.29 is 9.59 Å². The number of carbonyl (C=O) groups excluding carboxylic acids is 2. The Balaban J connectivity index is 1.40. The van der Waals surface area contributed by atoms with Crippen LogP contribution < -0.4 is 5.32 Å². The lowest BCUT2D eigenvalue weighted by Crippen LogP contribution is -2.37. The Labute approximate surface area is 150 Å². The van der Waals surface area contributed by atoms with Crippen LogP contribution in [0.5, 0.6) is 0 Å². The topological polar surface area (TPSA) is 49.4 Å². The number of hydrogen-bond acceptors (Lipinski definition) is 3. The fraction of sp³-hybridized carbons (Fsp3) is 0.619. The molecule has 0 bridgehead atoms. The van der Waals surface area contributed by atoms with E-state index in [2.05, 4.69) is 17.4 Å². The highest BCUT2D eigenvalue weighted by Gasteiger charge is 2.31. The molecule has 1 atom stereocenters. The van der Waals surface area contributed by atoms with E-state index in [9.17, 15) is 9.59 Å². The summed E-state index contributed by atoms with van der Waals surface area (Å²) in [6.07, 6.45) is 7.19. The van der Waals surface area contributed by atoms with Crippen molar-refractivity contribution in [2.45, 2.75) is 57.8 Å². The first-order valence-corrected chi connectivity index (χ1v) is 9.82. The maximum absolute atomic E-state index is 12.9. The minimum Gasteiger partial charge on any atom is -0.384 e. The van der Waals surface area contributed by atoms with Crippen molar-refractivity contribution in [3.8, 4) is 0 Å². The molecule has 0 radical (unpaired) electrons. The van der Waals surface area contributed by atoms with Crippen LogP contribution in [0.4, 0.5) is 5.69 Å². The van der Waals surface area contributed by atoms with Gasteiger partial charge in [-0.05, 0) is 67.7 Å². The summed E-state index contributed by atoms with van der Waals surface area (Å²) in [5.41, 5.74) is 5.00. The van der Waals surface area contributed by atoms with E-state index in [1.54, 1.807) is 6.92 Å². The minimum atomic E-state index is 0.176. The molecule has 3 aliphatic rings. The first-order chi connectivity index (χ1) is 12.1. The van der Waals surface area contributed by atoms with Crippen LogP contribution in [-0.4, -0.2) is 36.2 Å². The molecule has 2 aliphatic heterocycles. The summed E-state index contributed by atoms with van der Waals surface area (Å²) in [5, 5.41) is 3.50. The molecule has 1 aliphatic carbocycles. The van der Waals surface area contributed by atoms with Crippen molar-refractivity contribution in [2.24, 2.45) is 5.92 Å². The zero-order chi connectivity index (χ0) is 17.4. The van der Waals surface area contributed by atoms with Crippen LogP contribution in [0.3, 0.4) is 0 Å². The highest BCUT2D eigenvalue weighted by molar-refractivity contribution is 5.98. The van der Waals surface area contributed by atoms with Gasteiger partial charge in [0.2, 0.25) is 5.91 Å². The van der Waals surface area contributed by atoms with E-state index in [0.29, 0.717) is 24.0 Å². The van der Waals surface area contributed by atoms with Gasteiger partial charge in [0.05, 0.1) is 0 Å². The van der Waals surface area contributed by atoms with Gasteiger partial charge in [0.15, 0.2) is 5.78 Å². The van der Waals surface area contributed by atoms with Gasteiger partial charge in [0.25, 0.3) is 0 Å². The molecule has 1 aromatic carbocycles. The summed E-state index contributed by atoms with van der Waals surface area (Å²) in [5.74, 6) is 1.69. The Morgan fingerprint density at radius 1 is 1.20 bits per heavy atom. The van der Waals surface area contributed by atoms with Crippen LogP contribution in [0.15, 0.2) is 12.1 Å². The van der Waals surface area contributed by atoms with Gasteiger partial charge in [-0.25, -0.2) is 0 Å². The molecule has 1 fully saturated rings. The number of amides is 1. The van der Waals surface area contributed by atoms with Gasteiger partial charge < -0.3 is 10.2 Å². The Morgan fingerprint density at radius 2 is 2.00 bits per heavy atom. The molecule has 134 valence electrons. The molecule has 1 amide bonds. The number of hydrogen-bond donors (Lipinski definition) is 1. The first-order valence-electron chi connectivity index (χ1n) is 9.82. The Morgan fingerprint density at radius 3 is 2.76 bits per heavy atom. The molecule has 0 aromatic heterocycles. The molecule has 25 heavy (non-hydrogen) atoms. The van der Waals surface area contributed by atoms with E-state index in [1.165, 1.54) is 29.7 Å². The molecule has 1 aromatic rings. The average Bonchev–Trinajstić information content (AvgIpc) is 3.05. The van der Waals surface area contributed by atoms with Crippen molar-refractivity contribution in [1.29, 1.82) is 0 Å². The van der Waals surface area contributed by atoms with E-state index >= 15 is 0 Å². The summed E-state index contributed by atoms with van der Waals surface area (Å²) < 4.78 is 0. The molecule has 1 unspecified atom stereocenters. The second-order valence-electron chi connectivity index (χ2n) is 7.93. The monoisotopic (exact) mass is 340 g/mol. The van der Waals surface area contributed by atoms with Crippen molar-refractivity contribution in [3.05, 3.63) is 28.8 Å². The van der Waals surface area contributed by atoms with Gasteiger partial charge in [-0.15, -0.1) is 0 Å². The Kier molecular flexibility index (Phi) is 4.53. The minimum absolute atomic E-state index is 0.176. The van der Waals surface area contributed by atoms with Gasteiger partial charge in [-0.2, -0.15) is 0 Å². The normalized spacial score (nSPS) is 22.4. The second kappa shape index (κ2) is 6.81. The molecule has 0 saturated carbocycles. The molecule has 1 N–H and O–H groups in total. The third-order valence-electron chi connectivity index (χ3n) is 6.42. The lowest BCUT2D eigenvalue weighted by molar-refractivity contribution is -0.130. The maximum atomic E-state index is 12.9. The van der Waals surface area contributed by atoms with E-state index in [1.807, 2.05) is 4.90 Å². The maximum Gasteiger partial charge on any atom is 0.219 e. The molecule has 1 saturated heterocycles. The van der Waals surface area contributed by atoms with Crippen LogP contribution in [0.25, 0.3) is 0 Å². The van der Waals surface area contributed by atoms with Crippen LogP contribution >= 0.6 is 0 Å². The number of carbonyl (C=O) groups is 2. The SMILES string of the molecule is CC(=O)N1CCC(CCC(=O)c2ccc3c4c2CCCC4CN3)CC1. The van der Waals surface area contributed by atoms with Crippen LogP contribution in [0.2, 0.25) is 0 Å². The Hall–Kier alpha value is -1.84. The quantitative estimate of drug-likeness (QED) is 0.849. The lowest BCUT2D eigenvalue weighted by atomic mass is 9.80. The van der Waals surface area contributed by atoms with E-state index in [4.69, 9.17) is 0 Å². The number of likely N-dealkylation sites (tertiary alicyclic amines) is 1. The number of ketones is 1. The number of anilines is 1. The molecule has 0 spiro atoms. The van der Waals surface area contributed by atoms with Crippen LogP contribution in [-0.2, 0) is 11.2 Å². The van der Waals surface area contributed by atoms with Gasteiger partial charge in [-0.3, -0.25) is 9.59 Å². The molecular formula is C21H28N2O2. The molecule has 2 heterocycles. The predicted molar refractivity (Wildman–Crippen MR) is 99.2 cm³/mol. The standard InChI is InChI=1S/C21H28N2O2/c1-14(24)23-11-9-15(10-12-23)5-8-20(25)17-6-7-19-21-16(13-22-19)3-2-4-18(17)21/h6-7,15-16,22H,2-5,8-13H2,1H3. The Bertz CT molecular complexity index is 689. The van der Waals surface area contributed by atoms with E-state index in [0.717, 1.165) is 50.9 Å². The van der Waals surface area contributed by atoms with Crippen LogP contribution in [0, 0.1) is 5.92 Å². The highest BCUT2D eigenvalue weighted by Crippen LogP contribution is 2.42. The average molecular weight is 340 g/mol. The summed E-state index contributed by atoms with van der Waals surface area (Å²) >= 11 is 0. The lowest BCUT2D eigenvalue weighted by Gasteiger charge is -2.31. The molecule has 4 nitrogen and oxygen atoms in total. The van der Waals surface area contributed by atoms with Crippen molar-refractivity contribution in [2.75, 3.05) is 25.0 Å². The number of nitrogens with zero attached hydrogens (tertiary/aromatic N) is 1. The zero-order valence-corrected chi connectivity index (χ0v) is 15.1. The third-order valence-corrected chi connectivity index (χ3v) is 6.42. The largest absolute Gasteiger partial charge is 0.384 e. The number of nitrogens with one attached hydrogen (secondary N) is 1. The highest BCUT2D eigenvalue weighted by atomic mass is 16.2. The number of Topliss-reactive ketones (excluding diaryl/α,β-unsaturated/α-hetero) is 1. The molecular weight excluding hydrogens is 312 g/mol.